The van der Waals surface area contributed by atoms with Crippen molar-refractivity contribution in [3.63, 3.8) is 0 Å². The highest BCUT2D eigenvalue weighted by Gasteiger charge is 2.35. The number of carboxylic acid groups (broad SMARTS) is 1. The number of carboxylic acids is 1. The topological polar surface area (TPSA) is 97.2 Å². The van der Waals surface area contributed by atoms with Gasteiger partial charge in [0, 0.05) is 6.54 Å². The zero-order chi connectivity index (χ0) is 25.6. The molecule has 200 valence electrons. The van der Waals surface area contributed by atoms with Crippen LogP contribution in [0.25, 0.3) is 0 Å². The van der Waals surface area contributed by atoms with Crippen molar-refractivity contribution in [1.82, 2.24) is 5.32 Å². The molecular weight excluding hydrogens is 494 g/mol. The van der Waals surface area contributed by atoms with Crippen LogP contribution in [0.3, 0.4) is 0 Å². The molecule has 0 amide bonds. The lowest BCUT2D eigenvalue weighted by Gasteiger charge is -2.35. The summed E-state index contributed by atoms with van der Waals surface area (Å²) in [6.45, 7) is 2.52. The van der Waals surface area contributed by atoms with E-state index in [2.05, 4.69) is 5.32 Å². The van der Waals surface area contributed by atoms with Gasteiger partial charge in [-0.1, -0.05) is 91.0 Å². The molecule has 0 unspecified atom stereocenters. The number of halogens is 1. The zero-order valence-corrected chi connectivity index (χ0v) is 21.8. The Morgan fingerprint density at radius 1 is 0.730 bits per heavy atom. The van der Waals surface area contributed by atoms with Gasteiger partial charge < -0.3 is 29.7 Å². The summed E-state index contributed by atoms with van der Waals surface area (Å²) in [4.78, 5) is 11.1. The minimum absolute atomic E-state index is 0. The fraction of sp³-hybridized carbons (Fsp3) is 0.345. The Morgan fingerprint density at radius 2 is 1.14 bits per heavy atom. The van der Waals surface area contributed by atoms with E-state index in [0.717, 1.165) is 16.7 Å². The monoisotopic (exact) mass is 529 g/mol. The van der Waals surface area contributed by atoms with E-state index in [-0.39, 0.29) is 38.7 Å². The van der Waals surface area contributed by atoms with Crippen molar-refractivity contribution in [2.24, 2.45) is 0 Å². The van der Waals surface area contributed by atoms with Gasteiger partial charge in [-0.05, 0) is 23.6 Å². The third-order valence-corrected chi connectivity index (χ3v) is 5.66. The number of hydrogen-bond acceptors (Lipinski definition) is 6. The molecule has 4 atom stereocenters. The normalized spacial score (nSPS) is 14.2. The lowest BCUT2D eigenvalue weighted by molar-refractivity contribution is -0.175. The molecule has 0 aliphatic heterocycles. The molecule has 0 fully saturated rings. The Labute approximate surface area is 224 Å². The summed E-state index contributed by atoms with van der Waals surface area (Å²) >= 11 is 0. The van der Waals surface area contributed by atoms with E-state index in [1.165, 1.54) is 0 Å². The molecule has 37 heavy (non-hydrogen) atoms. The summed E-state index contributed by atoms with van der Waals surface area (Å²) in [5.41, 5.74) is 2.91. The summed E-state index contributed by atoms with van der Waals surface area (Å²) in [5.74, 6) is -0.967. The number of aliphatic carboxylic acids is 1. The molecule has 3 aromatic carbocycles. The number of aliphatic hydroxyl groups is 1. The highest BCUT2D eigenvalue weighted by Crippen LogP contribution is 2.21. The van der Waals surface area contributed by atoms with Crippen LogP contribution in [0.5, 0.6) is 0 Å². The van der Waals surface area contributed by atoms with Gasteiger partial charge in [-0.25, -0.2) is 0 Å². The van der Waals surface area contributed by atoms with Gasteiger partial charge in [-0.2, -0.15) is 0 Å². The van der Waals surface area contributed by atoms with Crippen molar-refractivity contribution in [2.75, 3.05) is 13.1 Å². The maximum atomic E-state index is 11.1. The third-order valence-electron chi connectivity index (χ3n) is 5.66. The van der Waals surface area contributed by atoms with Crippen LogP contribution < -0.4 is 5.32 Å². The standard InChI is InChI=1S/C29H35NO6.ClH/c1-22(31)28(35-20-24-13-7-3-8-14-24)29(36-21-25-15-9-4-10-16-25)26(17-30-18-27(32)33)34-19-23-11-5-2-6-12-23;/h2-16,22,26,28-31H,17-21H2,1H3,(H,32,33);1H/t22-,26-,28-,29-;/m0./s1. The summed E-state index contributed by atoms with van der Waals surface area (Å²) in [7, 11) is 0. The van der Waals surface area contributed by atoms with Crippen molar-refractivity contribution in [3.8, 4) is 0 Å². The minimum Gasteiger partial charge on any atom is -0.480 e. The van der Waals surface area contributed by atoms with E-state index < -0.39 is 30.4 Å². The van der Waals surface area contributed by atoms with Gasteiger partial charge in [0.05, 0.1) is 38.6 Å². The molecule has 0 aromatic heterocycles. The van der Waals surface area contributed by atoms with Crippen LogP contribution in [0, 0.1) is 0 Å². The van der Waals surface area contributed by atoms with Crippen LogP contribution in [-0.4, -0.2) is 53.7 Å². The Balaban J connectivity index is 0.00000481. The molecule has 0 radical (unpaired) electrons. The maximum Gasteiger partial charge on any atom is 0.317 e. The molecular formula is C29H36ClNO6. The number of benzene rings is 3. The van der Waals surface area contributed by atoms with Crippen molar-refractivity contribution in [3.05, 3.63) is 108 Å². The second-order valence-electron chi connectivity index (χ2n) is 8.62. The fourth-order valence-electron chi connectivity index (χ4n) is 3.82. The van der Waals surface area contributed by atoms with Gasteiger partial charge >= 0.3 is 5.97 Å². The predicted octanol–water partition coefficient (Wildman–Crippen LogP) is 4.22. The summed E-state index contributed by atoms with van der Waals surface area (Å²) in [6.07, 6.45) is -2.86. The molecule has 7 nitrogen and oxygen atoms in total. The molecule has 3 aromatic rings. The molecule has 0 aliphatic carbocycles. The van der Waals surface area contributed by atoms with Crippen molar-refractivity contribution < 1.29 is 29.2 Å². The molecule has 0 saturated carbocycles. The first-order valence-electron chi connectivity index (χ1n) is 12.1. The number of rotatable bonds is 16. The molecule has 0 spiro atoms. The maximum absolute atomic E-state index is 11.1. The second-order valence-corrected chi connectivity index (χ2v) is 8.62. The van der Waals surface area contributed by atoms with Crippen LogP contribution in [0.4, 0.5) is 0 Å². The van der Waals surface area contributed by atoms with E-state index in [0.29, 0.717) is 6.61 Å². The average molecular weight is 530 g/mol. The summed E-state index contributed by atoms with van der Waals surface area (Å²) < 4.78 is 18.8. The van der Waals surface area contributed by atoms with Crippen molar-refractivity contribution in [2.45, 2.75) is 51.2 Å². The average Bonchev–Trinajstić information content (AvgIpc) is 2.89. The summed E-state index contributed by atoms with van der Waals surface area (Å²) in [5, 5.41) is 22.8. The first-order valence-corrected chi connectivity index (χ1v) is 12.1. The van der Waals surface area contributed by atoms with E-state index in [9.17, 15) is 9.90 Å². The molecule has 3 N–H and O–H groups in total. The number of nitrogens with one attached hydrogen (secondary N) is 1. The first kappa shape index (κ1) is 30.4. The Kier molecular flexibility index (Phi) is 13.9. The van der Waals surface area contributed by atoms with Gasteiger partial charge in [0.15, 0.2) is 0 Å². The van der Waals surface area contributed by atoms with Crippen molar-refractivity contribution in [1.29, 1.82) is 0 Å². The lowest BCUT2D eigenvalue weighted by atomic mass is 10.0. The largest absolute Gasteiger partial charge is 0.480 e. The first-order chi connectivity index (χ1) is 17.5. The molecule has 0 heterocycles. The summed E-state index contributed by atoms with van der Waals surface area (Å²) in [6, 6.07) is 29.1. The Morgan fingerprint density at radius 3 is 1.54 bits per heavy atom. The molecule has 0 bridgehead atoms. The van der Waals surface area contributed by atoms with Crippen LogP contribution in [-0.2, 0) is 38.8 Å². The van der Waals surface area contributed by atoms with Crippen LogP contribution in [0.1, 0.15) is 23.6 Å². The number of hydrogen-bond donors (Lipinski definition) is 3. The van der Waals surface area contributed by atoms with Gasteiger partial charge in [0.25, 0.3) is 0 Å². The van der Waals surface area contributed by atoms with Crippen LogP contribution >= 0.6 is 12.4 Å². The van der Waals surface area contributed by atoms with Gasteiger partial charge in [-0.3, -0.25) is 4.79 Å². The quantitative estimate of drug-likeness (QED) is 0.255. The van der Waals surface area contributed by atoms with Crippen LogP contribution in [0.2, 0.25) is 0 Å². The highest BCUT2D eigenvalue weighted by molar-refractivity contribution is 5.85. The van der Waals surface area contributed by atoms with Gasteiger partial charge in [-0.15, -0.1) is 12.4 Å². The van der Waals surface area contributed by atoms with E-state index >= 15 is 0 Å². The molecule has 8 heteroatoms. The lowest BCUT2D eigenvalue weighted by Crippen LogP contribution is -2.51. The Hall–Kier alpha value is -2.78. The molecule has 0 saturated heterocycles. The van der Waals surface area contributed by atoms with Crippen molar-refractivity contribution >= 4 is 18.4 Å². The minimum atomic E-state index is -0.967. The van der Waals surface area contributed by atoms with E-state index in [1.807, 2.05) is 91.0 Å². The van der Waals surface area contributed by atoms with E-state index in [4.69, 9.17) is 19.3 Å². The van der Waals surface area contributed by atoms with Gasteiger partial charge in [0.2, 0.25) is 0 Å². The SMILES string of the molecule is C[C@H](O)[C@H](OCc1ccccc1)[C@@H](OCc1ccccc1)[C@H](CNCC(=O)O)OCc1ccccc1.Cl. The van der Waals surface area contributed by atoms with Crippen LogP contribution in [0.15, 0.2) is 91.0 Å². The number of aliphatic hydroxyl groups excluding tert-OH is 1. The van der Waals surface area contributed by atoms with E-state index in [1.54, 1.807) is 6.92 Å². The van der Waals surface area contributed by atoms with Gasteiger partial charge in [0.1, 0.15) is 12.2 Å². The predicted molar refractivity (Wildman–Crippen MR) is 144 cm³/mol. The third kappa shape index (κ3) is 11.0. The Bertz CT molecular complexity index is 1010. The highest BCUT2D eigenvalue weighted by atomic mass is 35.5. The second kappa shape index (κ2) is 16.9. The number of ether oxygens (including phenoxy) is 3. The zero-order valence-electron chi connectivity index (χ0n) is 20.9. The smallest absolute Gasteiger partial charge is 0.317 e. The fourth-order valence-corrected chi connectivity index (χ4v) is 3.82. The number of carbonyl (C=O) groups is 1. The molecule has 3 rings (SSSR count). The molecule has 0 aliphatic rings.